The van der Waals surface area contributed by atoms with E-state index in [4.69, 9.17) is 9.47 Å². The van der Waals surface area contributed by atoms with Gasteiger partial charge in [0.1, 0.15) is 12.4 Å². The maximum absolute atomic E-state index is 9.99. The Kier molecular flexibility index (Phi) is 4.55. The fourth-order valence-corrected chi connectivity index (χ4v) is 2.97. The van der Waals surface area contributed by atoms with Crippen LogP contribution in [0.2, 0.25) is 0 Å². The zero-order valence-corrected chi connectivity index (χ0v) is 11.8. The molecule has 20 heavy (non-hydrogen) atoms. The Labute approximate surface area is 120 Å². The van der Waals surface area contributed by atoms with Crippen LogP contribution in [0.25, 0.3) is 0 Å². The van der Waals surface area contributed by atoms with Gasteiger partial charge in [0.15, 0.2) is 0 Å². The van der Waals surface area contributed by atoms with Gasteiger partial charge in [0, 0.05) is 12.1 Å². The number of rotatable bonds is 6. The minimum Gasteiger partial charge on any atom is -0.491 e. The minimum atomic E-state index is -0.455. The van der Waals surface area contributed by atoms with Crippen molar-refractivity contribution >= 4 is 0 Å². The molecule has 1 aromatic carbocycles. The normalized spacial score (nSPS) is 23.6. The molecule has 1 aromatic rings. The molecule has 0 radical (unpaired) electrons. The fraction of sp³-hybridized carbons (Fsp3) is 0.625. The first-order chi connectivity index (χ1) is 9.83. The maximum Gasteiger partial charge on any atom is 0.124 e. The zero-order valence-electron chi connectivity index (χ0n) is 11.8. The van der Waals surface area contributed by atoms with E-state index in [2.05, 4.69) is 11.4 Å². The van der Waals surface area contributed by atoms with Gasteiger partial charge < -0.3 is 19.9 Å². The summed E-state index contributed by atoms with van der Waals surface area (Å²) in [7, 11) is 0. The number of aliphatic hydroxyl groups excluding tert-OH is 1. The van der Waals surface area contributed by atoms with Gasteiger partial charge in [-0.05, 0) is 18.9 Å². The smallest absolute Gasteiger partial charge is 0.124 e. The number of para-hydroxylation sites is 1. The van der Waals surface area contributed by atoms with E-state index in [1.807, 2.05) is 18.2 Å². The van der Waals surface area contributed by atoms with E-state index in [0.29, 0.717) is 25.9 Å². The molecule has 0 bridgehead atoms. The van der Waals surface area contributed by atoms with Crippen molar-refractivity contribution in [2.24, 2.45) is 0 Å². The molecule has 110 valence electrons. The second-order valence-electron chi connectivity index (χ2n) is 5.70. The van der Waals surface area contributed by atoms with Crippen molar-refractivity contribution in [2.45, 2.75) is 43.9 Å². The lowest BCUT2D eigenvalue weighted by Crippen LogP contribution is -2.34. The Morgan fingerprint density at radius 1 is 1.30 bits per heavy atom. The van der Waals surface area contributed by atoms with E-state index >= 15 is 0 Å². The molecule has 4 nitrogen and oxygen atoms in total. The quantitative estimate of drug-likeness (QED) is 0.835. The van der Waals surface area contributed by atoms with Gasteiger partial charge in [-0.3, -0.25) is 0 Å². The monoisotopic (exact) mass is 277 g/mol. The van der Waals surface area contributed by atoms with Crippen LogP contribution in [0, 0.1) is 0 Å². The number of fused-ring (bicyclic) bond motifs is 1. The SMILES string of the molecule is OC(CNC1COc2ccccc21)COC1CCCC1. The number of nitrogens with one attached hydrogen (secondary N) is 1. The predicted octanol–water partition coefficient (Wildman–Crippen LogP) is 2.03. The summed E-state index contributed by atoms with van der Waals surface area (Å²) in [5.74, 6) is 0.946. The van der Waals surface area contributed by atoms with Crippen molar-refractivity contribution in [1.29, 1.82) is 0 Å². The molecule has 0 spiro atoms. The Hall–Kier alpha value is -1.10. The number of hydrogen-bond acceptors (Lipinski definition) is 4. The molecular weight excluding hydrogens is 254 g/mol. The second kappa shape index (κ2) is 6.57. The fourth-order valence-electron chi connectivity index (χ4n) is 2.97. The highest BCUT2D eigenvalue weighted by Gasteiger charge is 2.24. The highest BCUT2D eigenvalue weighted by atomic mass is 16.5. The molecule has 1 fully saturated rings. The molecule has 2 unspecified atom stereocenters. The summed E-state index contributed by atoms with van der Waals surface area (Å²) in [5.41, 5.74) is 1.18. The van der Waals surface area contributed by atoms with Crippen molar-refractivity contribution in [3.63, 3.8) is 0 Å². The lowest BCUT2D eigenvalue weighted by atomic mass is 10.1. The maximum atomic E-state index is 9.99. The Bertz CT molecular complexity index is 431. The molecule has 3 rings (SSSR count). The lowest BCUT2D eigenvalue weighted by Gasteiger charge is -2.18. The van der Waals surface area contributed by atoms with Gasteiger partial charge in [-0.2, -0.15) is 0 Å². The molecular formula is C16H23NO3. The van der Waals surface area contributed by atoms with Crippen molar-refractivity contribution in [1.82, 2.24) is 5.32 Å². The van der Waals surface area contributed by atoms with Crippen LogP contribution in [0.1, 0.15) is 37.3 Å². The topological polar surface area (TPSA) is 50.7 Å². The van der Waals surface area contributed by atoms with Gasteiger partial charge >= 0.3 is 0 Å². The highest BCUT2D eigenvalue weighted by Crippen LogP contribution is 2.31. The van der Waals surface area contributed by atoms with E-state index in [1.165, 1.54) is 18.4 Å². The number of hydrogen-bond donors (Lipinski definition) is 2. The van der Waals surface area contributed by atoms with Crippen LogP contribution < -0.4 is 10.1 Å². The van der Waals surface area contributed by atoms with Crippen molar-refractivity contribution in [3.8, 4) is 5.75 Å². The first-order valence-electron chi connectivity index (χ1n) is 7.57. The molecule has 1 aliphatic carbocycles. The average molecular weight is 277 g/mol. The van der Waals surface area contributed by atoms with Crippen molar-refractivity contribution in [3.05, 3.63) is 29.8 Å². The number of ether oxygens (including phenoxy) is 2. The molecule has 4 heteroatoms. The standard InChI is InChI=1S/C16H23NO3/c18-12(10-19-13-5-1-2-6-13)9-17-15-11-20-16-8-4-3-7-14(15)16/h3-4,7-8,12-13,15,17-18H,1-2,5-6,9-11H2. The van der Waals surface area contributed by atoms with E-state index in [1.54, 1.807) is 0 Å². The zero-order chi connectivity index (χ0) is 13.8. The molecule has 2 N–H and O–H groups in total. The van der Waals surface area contributed by atoms with Gasteiger partial charge in [0.25, 0.3) is 0 Å². The number of aliphatic hydroxyl groups is 1. The summed E-state index contributed by atoms with van der Waals surface area (Å²) in [6.07, 6.45) is 4.71. The van der Waals surface area contributed by atoms with E-state index in [-0.39, 0.29) is 6.04 Å². The van der Waals surface area contributed by atoms with Crippen LogP contribution >= 0.6 is 0 Å². The van der Waals surface area contributed by atoms with Crippen LogP contribution in [0.15, 0.2) is 24.3 Å². The van der Waals surface area contributed by atoms with E-state index in [9.17, 15) is 5.11 Å². The summed E-state index contributed by atoms with van der Waals surface area (Å²) in [6.45, 7) is 1.59. The van der Waals surface area contributed by atoms with Crippen molar-refractivity contribution in [2.75, 3.05) is 19.8 Å². The van der Waals surface area contributed by atoms with Gasteiger partial charge in [-0.25, -0.2) is 0 Å². The van der Waals surface area contributed by atoms with Gasteiger partial charge in [0.05, 0.1) is 24.9 Å². The van der Waals surface area contributed by atoms with Crippen LogP contribution in [0.5, 0.6) is 5.75 Å². The molecule has 1 aliphatic heterocycles. The summed E-state index contributed by atoms with van der Waals surface area (Å²) in [5, 5.41) is 13.3. The summed E-state index contributed by atoms with van der Waals surface area (Å²) in [4.78, 5) is 0. The molecule has 0 amide bonds. The van der Waals surface area contributed by atoms with Gasteiger partial charge in [-0.15, -0.1) is 0 Å². The molecule has 1 heterocycles. The first kappa shape index (κ1) is 13.9. The molecule has 2 aliphatic rings. The second-order valence-corrected chi connectivity index (χ2v) is 5.70. The lowest BCUT2D eigenvalue weighted by molar-refractivity contribution is -0.00641. The van der Waals surface area contributed by atoms with E-state index in [0.717, 1.165) is 18.6 Å². The van der Waals surface area contributed by atoms with Crippen LogP contribution in [-0.4, -0.2) is 37.1 Å². The third-order valence-corrected chi connectivity index (χ3v) is 4.13. The Morgan fingerprint density at radius 2 is 2.10 bits per heavy atom. The summed E-state index contributed by atoms with van der Waals surface area (Å²) >= 11 is 0. The Balaban J connectivity index is 1.41. The number of benzene rings is 1. The third kappa shape index (κ3) is 3.32. The van der Waals surface area contributed by atoms with Gasteiger partial charge in [0.2, 0.25) is 0 Å². The first-order valence-corrected chi connectivity index (χ1v) is 7.57. The molecule has 1 saturated carbocycles. The predicted molar refractivity (Wildman–Crippen MR) is 76.9 cm³/mol. The molecule has 0 saturated heterocycles. The van der Waals surface area contributed by atoms with Crippen LogP contribution in [0.4, 0.5) is 0 Å². The summed E-state index contributed by atoms with van der Waals surface area (Å²) < 4.78 is 11.3. The average Bonchev–Trinajstić information content (AvgIpc) is 3.12. The Morgan fingerprint density at radius 3 is 2.95 bits per heavy atom. The van der Waals surface area contributed by atoms with E-state index < -0.39 is 6.10 Å². The molecule has 2 atom stereocenters. The molecule has 0 aromatic heterocycles. The van der Waals surface area contributed by atoms with Gasteiger partial charge in [-0.1, -0.05) is 31.0 Å². The van der Waals surface area contributed by atoms with Crippen molar-refractivity contribution < 1.29 is 14.6 Å². The summed E-state index contributed by atoms with van der Waals surface area (Å²) in [6, 6.07) is 8.22. The third-order valence-electron chi connectivity index (χ3n) is 4.13. The highest BCUT2D eigenvalue weighted by molar-refractivity contribution is 5.39. The van der Waals surface area contributed by atoms with Crippen LogP contribution in [-0.2, 0) is 4.74 Å². The minimum absolute atomic E-state index is 0.173. The largest absolute Gasteiger partial charge is 0.491 e. The van der Waals surface area contributed by atoms with Crippen LogP contribution in [0.3, 0.4) is 0 Å².